The maximum Gasteiger partial charge on any atom is 0.0861 e. The average molecular weight is 218 g/mol. The van der Waals surface area contributed by atoms with Gasteiger partial charge in [-0.05, 0) is 49.0 Å². The Morgan fingerprint density at radius 3 is 1.77 bits per heavy atom. The highest BCUT2D eigenvalue weighted by atomic mass is 32.2. The lowest BCUT2D eigenvalue weighted by Crippen LogP contribution is -1.74. The van der Waals surface area contributed by atoms with Gasteiger partial charge in [0.05, 0.1) is 12.5 Å². The molecule has 0 bridgehead atoms. The molecule has 0 fully saturated rings. The highest BCUT2D eigenvalue weighted by molar-refractivity contribution is 7.98. The average Bonchev–Trinajstić information content (AvgIpc) is 2.16. The van der Waals surface area contributed by atoms with Gasteiger partial charge in [-0.2, -0.15) is 23.5 Å². The highest BCUT2D eigenvalue weighted by Gasteiger charge is 1.78. The van der Waals surface area contributed by atoms with Crippen molar-refractivity contribution in [2.24, 2.45) is 0 Å². The van der Waals surface area contributed by atoms with Crippen LogP contribution in [-0.4, -0.2) is 24.0 Å². The van der Waals surface area contributed by atoms with Crippen LogP contribution in [0.15, 0.2) is 24.7 Å². The topological polar surface area (TPSA) is 9.23 Å². The zero-order valence-corrected chi connectivity index (χ0v) is 10.00. The standard InChI is InChI=1S/C10H18OS2/c1-12-9-5-3-7-11-8-4-6-10-13-2/h3-4,7-8H,5-6,9-10H2,1-2H3. The van der Waals surface area contributed by atoms with Crippen LogP contribution in [0.25, 0.3) is 0 Å². The first kappa shape index (κ1) is 13.0. The van der Waals surface area contributed by atoms with Crippen LogP contribution in [0.5, 0.6) is 0 Å². The third-order valence-electron chi connectivity index (χ3n) is 1.33. The molecule has 0 aromatic heterocycles. The minimum Gasteiger partial charge on any atom is -0.473 e. The molecule has 0 saturated carbocycles. The van der Waals surface area contributed by atoms with Crippen molar-refractivity contribution in [3.05, 3.63) is 24.7 Å². The number of thioether (sulfide) groups is 2. The fourth-order valence-electron chi connectivity index (χ4n) is 0.664. The lowest BCUT2D eigenvalue weighted by Gasteiger charge is -1.91. The van der Waals surface area contributed by atoms with Crippen LogP contribution >= 0.6 is 23.5 Å². The molecule has 0 heterocycles. The SMILES string of the molecule is CSCCC=COC=CCCSC. The molecule has 76 valence electrons. The van der Waals surface area contributed by atoms with Gasteiger partial charge in [-0.3, -0.25) is 0 Å². The molecule has 0 aliphatic carbocycles. The third kappa shape index (κ3) is 12.0. The summed E-state index contributed by atoms with van der Waals surface area (Å²) >= 11 is 3.70. The van der Waals surface area contributed by atoms with Gasteiger partial charge in [0, 0.05) is 0 Å². The van der Waals surface area contributed by atoms with E-state index in [1.165, 1.54) is 0 Å². The van der Waals surface area contributed by atoms with E-state index in [2.05, 4.69) is 24.7 Å². The zero-order chi connectivity index (χ0) is 9.78. The van der Waals surface area contributed by atoms with Gasteiger partial charge in [-0.25, -0.2) is 0 Å². The molecule has 0 atom stereocenters. The number of rotatable bonds is 8. The fourth-order valence-corrected chi connectivity index (χ4v) is 1.41. The van der Waals surface area contributed by atoms with Crippen LogP contribution in [0.2, 0.25) is 0 Å². The summed E-state index contributed by atoms with van der Waals surface area (Å²) in [6.45, 7) is 0. The lowest BCUT2D eigenvalue weighted by atomic mass is 10.5. The quantitative estimate of drug-likeness (QED) is 0.455. The molecule has 0 spiro atoms. The van der Waals surface area contributed by atoms with Gasteiger partial charge in [-0.1, -0.05) is 0 Å². The largest absolute Gasteiger partial charge is 0.473 e. The molecule has 0 radical (unpaired) electrons. The molecule has 0 saturated heterocycles. The summed E-state index contributed by atoms with van der Waals surface area (Å²) in [4.78, 5) is 0. The molecule has 0 aromatic rings. The van der Waals surface area contributed by atoms with E-state index in [1.807, 2.05) is 23.5 Å². The smallest absolute Gasteiger partial charge is 0.0861 e. The van der Waals surface area contributed by atoms with Gasteiger partial charge in [-0.15, -0.1) is 0 Å². The van der Waals surface area contributed by atoms with Crippen LogP contribution in [0, 0.1) is 0 Å². The monoisotopic (exact) mass is 218 g/mol. The Hall–Kier alpha value is -0.0200. The molecule has 0 rings (SSSR count). The summed E-state index contributed by atoms with van der Waals surface area (Å²) in [6, 6.07) is 0. The van der Waals surface area contributed by atoms with Crippen molar-refractivity contribution in [1.29, 1.82) is 0 Å². The number of ether oxygens (including phenoxy) is 1. The first-order valence-electron chi connectivity index (χ1n) is 4.35. The van der Waals surface area contributed by atoms with Gasteiger partial charge in [0.15, 0.2) is 0 Å². The van der Waals surface area contributed by atoms with Gasteiger partial charge in [0.2, 0.25) is 0 Å². The summed E-state index contributed by atoms with van der Waals surface area (Å²) < 4.78 is 5.15. The molecule has 0 aliphatic rings. The second-order valence-corrected chi connectivity index (χ2v) is 4.41. The Kier molecular flexibility index (Phi) is 12.0. The summed E-state index contributed by atoms with van der Waals surface area (Å²) in [6.07, 6.45) is 14.0. The van der Waals surface area contributed by atoms with E-state index < -0.39 is 0 Å². The number of hydrogen-bond acceptors (Lipinski definition) is 3. The van der Waals surface area contributed by atoms with E-state index in [0.717, 1.165) is 24.3 Å². The van der Waals surface area contributed by atoms with Gasteiger partial charge >= 0.3 is 0 Å². The predicted octanol–water partition coefficient (Wildman–Crippen LogP) is 3.54. The molecule has 0 amide bonds. The van der Waals surface area contributed by atoms with Gasteiger partial charge < -0.3 is 4.74 Å². The van der Waals surface area contributed by atoms with E-state index in [9.17, 15) is 0 Å². The van der Waals surface area contributed by atoms with E-state index in [4.69, 9.17) is 4.74 Å². The summed E-state index contributed by atoms with van der Waals surface area (Å²) in [5.41, 5.74) is 0. The van der Waals surface area contributed by atoms with Crippen molar-refractivity contribution in [2.45, 2.75) is 12.8 Å². The molecular formula is C10H18OS2. The summed E-state index contributed by atoms with van der Waals surface area (Å²) in [5, 5.41) is 0. The second kappa shape index (κ2) is 12.0. The molecule has 0 N–H and O–H groups in total. The normalized spacial score (nSPS) is 11.5. The van der Waals surface area contributed by atoms with Crippen LogP contribution in [0.1, 0.15) is 12.8 Å². The maximum absolute atomic E-state index is 5.15. The summed E-state index contributed by atoms with van der Waals surface area (Å²) in [7, 11) is 0. The molecular weight excluding hydrogens is 200 g/mol. The van der Waals surface area contributed by atoms with Crippen molar-refractivity contribution in [2.75, 3.05) is 24.0 Å². The summed E-state index contributed by atoms with van der Waals surface area (Å²) in [5.74, 6) is 2.33. The van der Waals surface area contributed by atoms with Gasteiger partial charge in [0.25, 0.3) is 0 Å². The first-order valence-corrected chi connectivity index (χ1v) is 7.14. The Bertz CT molecular complexity index is 128. The van der Waals surface area contributed by atoms with Crippen molar-refractivity contribution < 1.29 is 4.74 Å². The first-order chi connectivity index (χ1) is 6.41. The number of hydrogen-bond donors (Lipinski definition) is 0. The zero-order valence-electron chi connectivity index (χ0n) is 8.36. The van der Waals surface area contributed by atoms with E-state index >= 15 is 0 Å². The van der Waals surface area contributed by atoms with Crippen LogP contribution < -0.4 is 0 Å². The third-order valence-corrected chi connectivity index (χ3v) is 2.61. The predicted molar refractivity (Wildman–Crippen MR) is 65.4 cm³/mol. The van der Waals surface area contributed by atoms with Crippen molar-refractivity contribution >= 4 is 23.5 Å². The second-order valence-electron chi connectivity index (χ2n) is 2.44. The minimum absolute atomic E-state index is 1.08. The van der Waals surface area contributed by atoms with Crippen molar-refractivity contribution in [3.63, 3.8) is 0 Å². The Morgan fingerprint density at radius 2 is 1.38 bits per heavy atom. The van der Waals surface area contributed by atoms with Crippen LogP contribution in [0.3, 0.4) is 0 Å². The molecule has 0 unspecified atom stereocenters. The Morgan fingerprint density at radius 1 is 0.923 bits per heavy atom. The fraction of sp³-hybridized carbons (Fsp3) is 0.600. The van der Waals surface area contributed by atoms with Crippen LogP contribution in [-0.2, 0) is 4.74 Å². The molecule has 1 nitrogen and oxygen atoms in total. The Balaban J connectivity index is 3.13. The molecule has 0 aromatic carbocycles. The lowest BCUT2D eigenvalue weighted by molar-refractivity contribution is 0.399. The minimum atomic E-state index is 1.08. The van der Waals surface area contributed by atoms with Gasteiger partial charge in [0.1, 0.15) is 0 Å². The molecule has 3 heteroatoms. The van der Waals surface area contributed by atoms with E-state index in [1.54, 1.807) is 12.5 Å². The van der Waals surface area contributed by atoms with Crippen molar-refractivity contribution in [3.8, 4) is 0 Å². The van der Waals surface area contributed by atoms with E-state index in [0.29, 0.717) is 0 Å². The molecule has 13 heavy (non-hydrogen) atoms. The molecule has 0 aliphatic heterocycles. The van der Waals surface area contributed by atoms with Crippen molar-refractivity contribution in [1.82, 2.24) is 0 Å². The van der Waals surface area contributed by atoms with Crippen LogP contribution in [0.4, 0.5) is 0 Å². The van der Waals surface area contributed by atoms with E-state index in [-0.39, 0.29) is 0 Å². The maximum atomic E-state index is 5.15. The Labute approximate surface area is 90.0 Å². The highest BCUT2D eigenvalue weighted by Crippen LogP contribution is 1.98. The number of allylic oxidation sites excluding steroid dienone is 2.